The average Bonchev–Trinajstić information content (AvgIpc) is 3.17. The van der Waals surface area contributed by atoms with Crippen LogP contribution in [0.1, 0.15) is 31.4 Å². The van der Waals surface area contributed by atoms with E-state index in [0.29, 0.717) is 35.3 Å². The van der Waals surface area contributed by atoms with Crippen molar-refractivity contribution in [2.75, 3.05) is 37.6 Å². The quantitative estimate of drug-likeness (QED) is 0.617. The third-order valence-electron chi connectivity index (χ3n) is 6.23. The molecule has 0 spiro atoms. The molecule has 0 aliphatic carbocycles. The summed E-state index contributed by atoms with van der Waals surface area (Å²) in [5.74, 6) is -3.50. The first kappa shape index (κ1) is 25.0. The van der Waals surface area contributed by atoms with Crippen LogP contribution in [0, 0.1) is 5.82 Å². The highest BCUT2D eigenvalue weighted by Gasteiger charge is 2.36. The molecule has 0 unspecified atom stereocenters. The number of cyclic esters (lactones) is 1. The van der Waals surface area contributed by atoms with Crippen LogP contribution < -0.4 is 10.2 Å². The van der Waals surface area contributed by atoms with Crippen molar-refractivity contribution in [1.29, 1.82) is 0 Å². The molecule has 0 bridgehead atoms. The number of carbonyl (C=O) groups is 2. The Morgan fingerprint density at radius 1 is 1.26 bits per heavy atom. The van der Waals surface area contributed by atoms with Gasteiger partial charge in [-0.25, -0.2) is 18.0 Å². The minimum Gasteiger partial charge on any atom is -0.442 e. The lowest BCUT2D eigenvalue weighted by molar-refractivity contribution is -0.119. The molecule has 2 heterocycles. The molecular formula is C25H28F3N3O4. The summed E-state index contributed by atoms with van der Waals surface area (Å²) in [5, 5.41) is 13.1. The zero-order chi connectivity index (χ0) is 25.2. The van der Waals surface area contributed by atoms with Gasteiger partial charge in [0.2, 0.25) is 5.91 Å². The molecule has 2 saturated heterocycles. The van der Waals surface area contributed by atoms with Crippen molar-refractivity contribution in [3.05, 3.63) is 53.8 Å². The molecule has 10 heteroatoms. The maximum Gasteiger partial charge on any atom is 0.414 e. The van der Waals surface area contributed by atoms with Crippen molar-refractivity contribution in [2.24, 2.45) is 0 Å². The van der Waals surface area contributed by atoms with Gasteiger partial charge in [0.05, 0.1) is 31.4 Å². The summed E-state index contributed by atoms with van der Waals surface area (Å²) >= 11 is 0. The number of hydrogen-bond acceptors (Lipinski definition) is 5. The average molecular weight is 492 g/mol. The van der Waals surface area contributed by atoms with Gasteiger partial charge in [0, 0.05) is 25.5 Å². The summed E-state index contributed by atoms with van der Waals surface area (Å²) in [6.45, 7) is 1.99. The Hall–Kier alpha value is -3.11. The highest BCUT2D eigenvalue weighted by atomic mass is 19.3. The number of halogens is 3. The molecule has 2 atom stereocenters. The van der Waals surface area contributed by atoms with Gasteiger partial charge in [-0.05, 0) is 42.3 Å². The van der Waals surface area contributed by atoms with Crippen LogP contribution in [0.3, 0.4) is 0 Å². The molecular weight excluding hydrogens is 463 g/mol. The van der Waals surface area contributed by atoms with E-state index in [9.17, 15) is 27.9 Å². The second-order valence-corrected chi connectivity index (χ2v) is 9.05. The van der Waals surface area contributed by atoms with Crippen molar-refractivity contribution in [2.45, 2.75) is 37.9 Å². The van der Waals surface area contributed by atoms with E-state index in [1.54, 1.807) is 41.3 Å². The predicted molar refractivity (Wildman–Crippen MR) is 124 cm³/mol. The summed E-state index contributed by atoms with van der Waals surface area (Å²) in [6, 6.07) is 11.0. The fraction of sp³-hybridized carbons (Fsp3) is 0.440. The first-order valence-corrected chi connectivity index (χ1v) is 11.5. The lowest BCUT2D eigenvalue weighted by atomic mass is 10.00. The molecule has 2 fully saturated rings. The van der Waals surface area contributed by atoms with Gasteiger partial charge >= 0.3 is 6.09 Å². The zero-order valence-electron chi connectivity index (χ0n) is 19.3. The lowest BCUT2D eigenvalue weighted by Crippen LogP contribution is -2.44. The molecule has 0 aromatic heterocycles. The van der Waals surface area contributed by atoms with E-state index in [1.165, 1.54) is 17.9 Å². The van der Waals surface area contributed by atoms with Crippen molar-refractivity contribution in [3.8, 4) is 11.1 Å². The number of rotatable bonds is 7. The number of nitrogens with one attached hydrogen (secondary N) is 1. The van der Waals surface area contributed by atoms with E-state index < -0.39 is 30.0 Å². The molecule has 7 nitrogen and oxygen atoms in total. The molecule has 2 aromatic rings. The largest absolute Gasteiger partial charge is 0.442 e. The third kappa shape index (κ3) is 6.12. The summed E-state index contributed by atoms with van der Waals surface area (Å²) < 4.78 is 47.4. The Bertz CT molecular complexity index is 1080. The van der Waals surface area contributed by atoms with Crippen LogP contribution in [0.15, 0.2) is 42.5 Å². The number of amides is 2. The summed E-state index contributed by atoms with van der Waals surface area (Å²) in [5.41, 5.74) is 1.78. The molecule has 2 amide bonds. The topological polar surface area (TPSA) is 82.1 Å². The smallest absolute Gasteiger partial charge is 0.414 e. The molecule has 2 aromatic carbocycles. The van der Waals surface area contributed by atoms with Crippen LogP contribution in [0.2, 0.25) is 0 Å². The van der Waals surface area contributed by atoms with Crippen LogP contribution in [-0.4, -0.2) is 66.8 Å². The van der Waals surface area contributed by atoms with Crippen molar-refractivity contribution in [3.63, 3.8) is 0 Å². The van der Waals surface area contributed by atoms with Gasteiger partial charge in [-0.15, -0.1) is 0 Å². The van der Waals surface area contributed by atoms with Gasteiger partial charge in [0.15, 0.2) is 0 Å². The third-order valence-corrected chi connectivity index (χ3v) is 6.23. The highest BCUT2D eigenvalue weighted by Crippen LogP contribution is 2.31. The van der Waals surface area contributed by atoms with E-state index in [2.05, 4.69) is 5.32 Å². The Labute approximate surface area is 201 Å². The SMILES string of the molecule is CC(=O)NC[C@H]1CN(c2ccc(-c3ccc([C@H](O)CN4CCCC(F)(F)C4)cc3)c(F)c2)C(=O)O1. The number of aliphatic hydroxyl groups is 1. The number of ether oxygens (including phenoxy) is 1. The van der Waals surface area contributed by atoms with Gasteiger partial charge in [-0.2, -0.15) is 0 Å². The number of alkyl halides is 2. The minimum absolute atomic E-state index is 0.104. The first-order valence-electron chi connectivity index (χ1n) is 11.5. The second kappa shape index (κ2) is 10.2. The maximum atomic E-state index is 14.9. The van der Waals surface area contributed by atoms with Gasteiger partial charge in [-0.3, -0.25) is 14.6 Å². The van der Waals surface area contributed by atoms with Gasteiger partial charge in [-0.1, -0.05) is 24.3 Å². The number of β-amino-alcohol motifs (C(OH)–C–C–N with tert-alkyl or cyclic N) is 1. The molecule has 4 rings (SSSR count). The second-order valence-electron chi connectivity index (χ2n) is 9.05. The molecule has 2 N–H and O–H groups in total. The molecule has 188 valence electrons. The minimum atomic E-state index is -2.73. The molecule has 2 aliphatic rings. The van der Waals surface area contributed by atoms with Crippen LogP contribution in [0.25, 0.3) is 11.1 Å². The predicted octanol–water partition coefficient (Wildman–Crippen LogP) is 3.72. The van der Waals surface area contributed by atoms with Crippen molar-refractivity contribution >= 4 is 17.7 Å². The van der Waals surface area contributed by atoms with Crippen molar-refractivity contribution < 1.29 is 32.6 Å². The fourth-order valence-electron chi connectivity index (χ4n) is 4.44. The van der Waals surface area contributed by atoms with E-state index in [0.717, 1.165) is 0 Å². The Kier molecular flexibility index (Phi) is 7.32. The number of aliphatic hydroxyl groups excluding tert-OH is 1. The first-order chi connectivity index (χ1) is 16.6. The molecule has 2 aliphatic heterocycles. The van der Waals surface area contributed by atoms with Crippen LogP contribution >= 0.6 is 0 Å². The van der Waals surface area contributed by atoms with Crippen LogP contribution in [0.5, 0.6) is 0 Å². The number of hydrogen-bond donors (Lipinski definition) is 2. The zero-order valence-corrected chi connectivity index (χ0v) is 19.3. The summed E-state index contributed by atoms with van der Waals surface area (Å²) in [4.78, 5) is 26.1. The Morgan fingerprint density at radius 2 is 2.00 bits per heavy atom. The number of nitrogens with zero attached hydrogens (tertiary/aromatic N) is 2. The van der Waals surface area contributed by atoms with Gasteiger partial charge in [0.25, 0.3) is 5.92 Å². The van der Waals surface area contributed by atoms with E-state index >= 15 is 0 Å². The fourth-order valence-corrected chi connectivity index (χ4v) is 4.44. The number of carbonyl (C=O) groups excluding carboxylic acids is 2. The number of likely N-dealkylation sites (tertiary alicyclic amines) is 1. The summed E-state index contributed by atoms with van der Waals surface area (Å²) in [7, 11) is 0. The Balaban J connectivity index is 1.40. The monoisotopic (exact) mass is 491 g/mol. The van der Waals surface area contributed by atoms with E-state index in [1.807, 2.05) is 0 Å². The molecule has 35 heavy (non-hydrogen) atoms. The van der Waals surface area contributed by atoms with Crippen LogP contribution in [0.4, 0.5) is 23.7 Å². The molecule has 0 saturated carbocycles. The van der Waals surface area contributed by atoms with Crippen LogP contribution in [-0.2, 0) is 9.53 Å². The number of benzene rings is 2. The van der Waals surface area contributed by atoms with E-state index in [4.69, 9.17) is 4.74 Å². The van der Waals surface area contributed by atoms with Crippen molar-refractivity contribution in [1.82, 2.24) is 10.2 Å². The number of piperidine rings is 1. The summed E-state index contributed by atoms with van der Waals surface area (Å²) in [6.07, 6.45) is -1.81. The number of anilines is 1. The normalized spacial score (nSPS) is 21.0. The lowest BCUT2D eigenvalue weighted by Gasteiger charge is -2.33. The standard InChI is InChI=1S/C25H28F3N3O4/c1-16(32)29-12-20-13-31(24(34)35-20)19-7-8-21(22(26)11-19)17-3-5-18(6-4-17)23(33)14-30-10-2-9-25(27,28)15-30/h3-8,11,20,23,33H,2,9-10,12-15H2,1H3,(H,29,32)/t20-,23+/m0/s1. The van der Waals surface area contributed by atoms with Gasteiger partial charge < -0.3 is 15.2 Å². The van der Waals surface area contributed by atoms with Gasteiger partial charge in [0.1, 0.15) is 11.9 Å². The Morgan fingerprint density at radius 3 is 2.66 bits per heavy atom. The van der Waals surface area contributed by atoms with E-state index in [-0.39, 0.29) is 38.5 Å². The maximum absolute atomic E-state index is 14.9. The highest BCUT2D eigenvalue weighted by molar-refractivity contribution is 5.90. The molecule has 0 radical (unpaired) electrons.